The number of furan rings is 4. The van der Waals surface area contributed by atoms with Crippen LogP contribution in [-0.4, -0.2) is 0 Å². The molecule has 0 N–H and O–H groups in total. The summed E-state index contributed by atoms with van der Waals surface area (Å²) in [4.78, 5) is 0. The third kappa shape index (κ3) is 5.07. The Morgan fingerprint density at radius 3 is 0.919 bits per heavy atom. The van der Waals surface area contributed by atoms with Crippen LogP contribution in [0.2, 0.25) is 0 Å². The van der Waals surface area contributed by atoms with E-state index in [4.69, 9.17) is 17.7 Å². The summed E-state index contributed by atoms with van der Waals surface area (Å²) in [5.41, 5.74) is 16.3. The Morgan fingerprint density at radius 2 is 0.468 bits per heavy atom. The minimum atomic E-state index is 0.862. The number of fused-ring (bicyclic) bond motifs is 13. The van der Waals surface area contributed by atoms with Crippen molar-refractivity contribution in [3.05, 3.63) is 194 Å². The minimum absolute atomic E-state index is 0.862. The molecule has 0 aliphatic carbocycles. The van der Waals surface area contributed by atoms with Gasteiger partial charge in [-0.2, -0.15) is 0 Å². The molecule has 0 bridgehead atoms. The van der Waals surface area contributed by atoms with Crippen LogP contribution < -0.4 is 0 Å². The molecule has 62 heavy (non-hydrogen) atoms. The highest BCUT2D eigenvalue weighted by atomic mass is 16.3. The van der Waals surface area contributed by atoms with Gasteiger partial charge < -0.3 is 17.7 Å². The van der Waals surface area contributed by atoms with Crippen molar-refractivity contribution in [2.75, 3.05) is 0 Å². The van der Waals surface area contributed by atoms with Crippen LogP contribution in [0.3, 0.4) is 0 Å². The van der Waals surface area contributed by atoms with Crippen molar-refractivity contribution in [2.24, 2.45) is 0 Å². The summed E-state index contributed by atoms with van der Waals surface area (Å²) in [6.45, 7) is 0. The number of benzene rings is 10. The third-order valence-electron chi connectivity index (χ3n) is 12.9. The molecular formula is C58H32O4. The van der Waals surface area contributed by atoms with Crippen LogP contribution in [0.4, 0.5) is 0 Å². The Kier molecular flexibility index (Phi) is 6.80. The van der Waals surface area contributed by atoms with E-state index in [1.807, 2.05) is 24.3 Å². The predicted octanol–water partition coefficient (Wildman–Crippen LogP) is 17.1. The fourth-order valence-corrected chi connectivity index (χ4v) is 9.67. The lowest BCUT2D eigenvalue weighted by Gasteiger charge is -2.06. The summed E-state index contributed by atoms with van der Waals surface area (Å²) in [5, 5.41) is 11.2. The summed E-state index contributed by atoms with van der Waals surface area (Å²) in [5.74, 6) is 0. The van der Waals surface area contributed by atoms with Crippen LogP contribution in [-0.2, 0) is 0 Å². The zero-order chi connectivity index (χ0) is 40.5. The van der Waals surface area contributed by atoms with E-state index in [2.05, 4.69) is 170 Å². The Bertz CT molecular complexity index is 3870. The molecule has 0 fully saturated rings. The average Bonchev–Trinajstić information content (AvgIpc) is 4.09. The highest BCUT2D eigenvalue weighted by Gasteiger charge is 2.16. The molecule has 10 aromatic carbocycles. The summed E-state index contributed by atoms with van der Waals surface area (Å²) in [7, 11) is 0. The maximum absolute atomic E-state index is 6.54. The Labute approximate surface area is 353 Å². The topological polar surface area (TPSA) is 52.6 Å². The first-order valence-electron chi connectivity index (χ1n) is 20.9. The van der Waals surface area contributed by atoms with E-state index in [0.717, 1.165) is 143 Å². The maximum atomic E-state index is 6.54. The van der Waals surface area contributed by atoms with Gasteiger partial charge in [-0.15, -0.1) is 0 Å². The normalized spacial score (nSPS) is 12.2. The third-order valence-corrected chi connectivity index (χ3v) is 12.9. The average molecular weight is 793 g/mol. The molecule has 0 unspecified atom stereocenters. The number of para-hydroxylation sites is 2. The molecule has 0 amide bonds. The van der Waals surface area contributed by atoms with Crippen molar-refractivity contribution in [3.8, 4) is 44.5 Å². The van der Waals surface area contributed by atoms with E-state index < -0.39 is 0 Å². The fraction of sp³-hybridized carbons (Fsp3) is 0. The van der Waals surface area contributed by atoms with Crippen LogP contribution in [0.1, 0.15) is 0 Å². The zero-order valence-corrected chi connectivity index (χ0v) is 33.1. The lowest BCUT2D eigenvalue weighted by atomic mass is 9.98. The van der Waals surface area contributed by atoms with Gasteiger partial charge >= 0.3 is 0 Å². The van der Waals surface area contributed by atoms with Gasteiger partial charge in [-0.1, -0.05) is 109 Å². The molecule has 0 atom stereocenters. The second-order valence-corrected chi connectivity index (χ2v) is 16.4. The van der Waals surface area contributed by atoms with Crippen molar-refractivity contribution < 1.29 is 17.7 Å². The molecule has 14 rings (SSSR count). The zero-order valence-electron chi connectivity index (χ0n) is 33.1. The predicted molar refractivity (Wildman–Crippen MR) is 255 cm³/mol. The van der Waals surface area contributed by atoms with E-state index in [-0.39, 0.29) is 0 Å². The van der Waals surface area contributed by atoms with Gasteiger partial charge in [-0.05, 0) is 140 Å². The van der Waals surface area contributed by atoms with Crippen molar-refractivity contribution in [2.45, 2.75) is 0 Å². The first kappa shape index (κ1) is 33.5. The first-order valence-corrected chi connectivity index (χ1v) is 20.9. The molecule has 4 aromatic heterocycles. The van der Waals surface area contributed by atoms with Gasteiger partial charge in [0.25, 0.3) is 0 Å². The van der Waals surface area contributed by atoms with E-state index in [1.54, 1.807) is 0 Å². The van der Waals surface area contributed by atoms with E-state index in [0.29, 0.717) is 0 Å². The summed E-state index contributed by atoms with van der Waals surface area (Å²) >= 11 is 0. The highest BCUT2D eigenvalue weighted by Crippen LogP contribution is 2.40. The smallest absolute Gasteiger partial charge is 0.136 e. The van der Waals surface area contributed by atoms with Crippen LogP contribution in [0.15, 0.2) is 212 Å². The van der Waals surface area contributed by atoms with Crippen LogP contribution in [0.25, 0.3) is 143 Å². The van der Waals surface area contributed by atoms with Crippen molar-refractivity contribution in [3.63, 3.8) is 0 Å². The van der Waals surface area contributed by atoms with Gasteiger partial charge in [-0.3, -0.25) is 0 Å². The molecule has 0 aliphatic rings. The highest BCUT2D eigenvalue weighted by molar-refractivity contribution is 6.16. The lowest BCUT2D eigenvalue weighted by Crippen LogP contribution is -1.81. The van der Waals surface area contributed by atoms with Gasteiger partial charge in [0.1, 0.15) is 44.7 Å². The van der Waals surface area contributed by atoms with Gasteiger partial charge in [0.15, 0.2) is 0 Å². The van der Waals surface area contributed by atoms with Crippen LogP contribution in [0, 0.1) is 0 Å². The standard InChI is InChI=1S/C58H32O4/c1-3-7-51-43(5-1)47-25-37(19-23-53(47)59-51)33-9-13-35(14-10-33)39-17-21-45-49-27-41-28-50-46-22-18-40(30-56(46)62-58(50)32-42(41)31-57(49)61-55(45)29-39)36-15-11-34(12-16-36)38-20-24-54-48(26-38)44-6-2-4-8-52(44)60-54/h1-32H. The molecule has 4 heteroatoms. The maximum Gasteiger partial charge on any atom is 0.136 e. The van der Waals surface area contributed by atoms with E-state index in [9.17, 15) is 0 Å². The van der Waals surface area contributed by atoms with E-state index in [1.165, 1.54) is 0 Å². The molecule has 0 spiro atoms. The van der Waals surface area contributed by atoms with Crippen molar-refractivity contribution in [1.82, 2.24) is 0 Å². The fourth-order valence-electron chi connectivity index (χ4n) is 9.67. The minimum Gasteiger partial charge on any atom is -0.456 e. The quantitative estimate of drug-likeness (QED) is 0.178. The molecule has 14 aromatic rings. The number of hydrogen-bond donors (Lipinski definition) is 0. The van der Waals surface area contributed by atoms with Gasteiger partial charge in [0.2, 0.25) is 0 Å². The van der Waals surface area contributed by atoms with Crippen LogP contribution in [0.5, 0.6) is 0 Å². The van der Waals surface area contributed by atoms with Crippen LogP contribution >= 0.6 is 0 Å². The molecule has 0 radical (unpaired) electrons. The summed E-state index contributed by atoms with van der Waals surface area (Å²) < 4.78 is 25.2. The molecule has 288 valence electrons. The monoisotopic (exact) mass is 792 g/mol. The molecule has 4 nitrogen and oxygen atoms in total. The molecule has 0 aliphatic heterocycles. The van der Waals surface area contributed by atoms with Crippen molar-refractivity contribution in [1.29, 1.82) is 0 Å². The summed E-state index contributed by atoms with van der Waals surface area (Å²) in [6, 6.07) is 68.7. The lowest BCUT2D eigenvalue weighted by molar-refractivity contribution is 0.668. The molecular weight excluding hydrogens is 761 g/mol. The Balaban J connectivity index is 0.761. The molecule has 0 saturated heterocycles. The second kappa shape index (κ2) is 12.6. The molecule has 0 saturated carbocycles. The number of hydrogen-bond acceptors (Lipinski definition) is 4. The number of rotatable bonds is 4. The Hall–Kier alpha value is -8.34. The molecule has 4 heterocycles. The van der Waals surface area contributed by atoms with Gasteiger partial charge in [-0.25, -0.2) is 0 Å². The van der Waals surface area contributed by atoms with Crippen molar-refractivity contribution >= 4 is 98.5 Å². The Morgan fingerprint density at radius 1 is 0.177 bits per heavy atom. The second-order valence-electron chi connectivity index (χ2n) is 16.4. The van der Waals surface area contributed by atoms with Gasteiger partial charge in [0.05, 0.1) is 0 Å². The SMILES string of the molecule is c1ccc2c(c1)oc1ccc(-c3ccc(-c4ccc5c(c4)oc4cc6cc7oc8cc(-c9ccc(-c%10ccc%11oc%12ccccc%12c%11c%10)cc9)ccc8c7cc6cc45)cc3)cc12. The summed E-state index contributed by atoms with van der Waals surface area (Å²) in [6.07, 6.45) is 0. The largest absolute Gasteiger partial charge is 0.456 e. The van der Waals surface area contributed by atoms with E-state index >= 15 is 0 Å². The van der Waals surface area contributed by atoms with Gasteiger partial charge in [0, 0.05) is 43.1 Å². The first-order chi connectivity index (χ1) is 30.6.